The Kier molecular flexibility index (Phi) is 4.53. The summed E-state index contributed by atoms with van der Waals surface area (Å²) < 4.78 is 0.758. The number of benzene rings is 1. The molecule has 1 aromatic carbocycles. The number of amides is 3. The molecule has 6 heteroatoms. The van der Waals surface area contributed by atoms with E-state index in [1.807, 2.05) is 18.2 Å². The molecule has 1 saturated heterocycles. The summed E-state index contributed by atoms with van der Waals surface area (Å²) in [5, 5.41) is 2.78. The van der Waals surface area contributed by atoms with Crippen molar-refractivity contribution in [2.24, 2.45) is 11.8 Å². The number of hydrogen-bond acceptors (Lipinski definition) is 3. The van der Waals surface area contributed by atoms with E-state index in [1.165, 1.54) is 4.90 Å². The van der Waals surface area contributed by atoms with Gasteiger partial charge < -0.3 is 5.32 Å². The molecule has 0 radical (unpaired) electrons. The van der Waals surface area contributed by atoms with Gasteiger partial charge in [-0.2, -0.15) is 0 Å². The van der Waals surface area contributed by atoms with Crippen LogP contribution in [0.15, 0.2) is 28.7 Å². The van der Waals surface area contributed by atoms with Crippen molar-refractivity contribution in [2.75, 3.05) is 5.32 Å². The van der Waals surface area contributed by atoms with E-state index in [-0.39, 0.29) is 29.6 Å². The third-order valence-corrected chi connectivity index (χ3v) is 5.47. The van der Waals surface area contributed by atoms with Gasteiger partial charge in [0.1, 0.15) is 6.04 Å². The van der Waals surface area contributed by atoms with E-state index < -0.39 is 6.04 Å². The minimum absolute atomic E-state index is 0.186. The molecule has 2 aliphatic rings. The maximum atomic E-state index is 12.5. The number of rotatable bonds is 3. The SMILES string of the molecule is CC(C(=O)Nc1ccccc1Br)N1C(=O)C2CCCCC2C1=O. The van der Waals surface area contributed by atoms with E-state index in [9.17, 15) is 14.4 Å². The lowest BCUT2D eigenvalue weighted by atomic mass is 9.81. The summed E-state index contributed by atoms with van der Waals surface area (Å²) in [5.41, 5.74) is 0.626. The Labute approximate surface area is 143 Å². The van der Waals surface area contributed by atoms with E-state index in [0.29, 0.717) is 5.69 Å². The normalized spacial score (nSPS) is 25.2. The van der Waals surface area contributed by atoms with Gasteiger partial charge in [0.2, 0.25) is 17.7 Å². The summed E-state index contributed by atoms with van der Waals surface area (Å²) in [6.45, 7) is 1.61. The molecule has 0 spiro atoms. The number of halogens is 1. The first kappa shape index (κ1) is 16.2. The monoisotopic (exact) mass is 378 g/mol. The highest BCUT2D eigenvalue weighted by atomic mass is 79.9. The molecule has 3 rings (SSSR count). The third-order valence-electron chi connectivity index (χ3n) is 4.77. The van der Waals surface area contributed by atoms with Crippen LogP contribution in [0.4, 0.5) is 5.69 Å². The number of imide groups is 1. The zero-order valence-corrected chi connectivity index (χ0v) is 14.5. The topological polar surface area (TPSA) is 66.5 Å². The number of nitrogens with zero attached hydrogens (tertiary/aromatic N) is 1. The summed E-state index contributed by atoms with van der Waals surface area (Å²) in [5.74, 6) is -1.17. The summed E-state index contributed by atoms with van der Waals surface area (Å²) >= 11 is 3.37. The Morgan fingerprint density at radius 3 is 2.30 bits per heavy atom. The van der Waals surface area contributed by atoms with Crippen LogP contribution in [0.2, 0.25) is 0 Å². The van der Waals surface area contributed by atoms with Crippen LogP contribution in [-0.2, 0) is 14.4 Å². The van der Waals surface area contributed by atoms with Crippen LogP contribution in [0.1, 0.15) is 32.6 Å². The second kappa shape index (κ2) is 6.43. The molecule has 1 heterocycles. The second-order valence-corrected chi connectivity index (χ2v) is 7.04. The number of likely N-dealkylation sites (tertiary alicyclic amines) is 1. The Morgan fingerprint density at radius 1 is 1.17 bits per heavy atom. The van der Waals surface area contributed by atoms with Gasteiger partial charge in [-0.05, 0) is 47.8 Å². The van der Waals surface area contributed by atoms with Crippen molar-refractivity contribution in [2.45, 2.75) is 38.6 Å². The fourth-order valence-corrected chi connectivity index (χ4v) is 3.87. The van der Waals surface area contributed by atoms with Gasteiger partial charge in [0, 0.05) is 4.47 Å². The molecule has 0 aromatic heterocycles. The Morgan fingerprint density at radius 2 is 1.74 bits per heavy atom. The van der Waals surface area contributed by atoms with Crippen molar-refractivity contribution < 1.29 is 14.4 Å². The summed E-state index contributed by atoms with van der Waals surface area (Å²) in [6, 6.07) is 6.45. The molecule has 1 aliphatic carbocycles. The van der Waals surface area contributed by atoms with E-state index in [1.54, 1.807) is 13.0 Å². The summed E-state index contributed by atoms with van der Waals surface area (Å²) in [7, 11) is 0. The maximum Gasteiger partial charge on any atom is 0.247 e. The average Bonchev–Trinajstić information content (AvgIpc) is 2.81. The molecule has 3 amide bonds. The van der Waals surface area contributed by atoms with Gasteiger partial charge >= 0.3 is 0 Å². The van der Waals surface area contributed by atoms with Crippen LogP contribution in [0.25, 0.3) is 0 Å². The number of anilines is 1. The second-order valence-electron chi connectivity index (χ2n) is 6.19. The number of carbonyl (C=O) groups excluding carboxylic acids is 3. The first-order valence-corrected chi connectivity index (χ1v) is 8.72. The Hall–Kier alpha value is -1.69. The highest BCUT2D eigenvalue weighted by Crippen LogP contribution is 2.39. The van der Waals surface area contributed by atoms with Crippen LogP contribution in [0.3, 0.4) is 0 Å². The first-order chi connectivity index (χ1) is 11.0. The summed E-state index contributed by atoms with van der Waals surface area (Å²) in [6.07, 6.45) is 3.46. The Bertz CT molecular complexity index is 637. The molecular formula is C17H19BrN2O3. The quantitative estimate of drug-likeness (QED) is 0.822. The van der Waals surface area contributed by atoms with Gasteiger partial charge in [0.15, 0.2) is 0 Å². The van der Waals surface area contributed by atoms with Gasteiger partial charge in [-0.1, -0.05) is 25.0 Å². The predicted octanol–water partition coefficient (Wildman–Crippen LogP) is 2.95. The van der Waals surface area contributed by atoms with E-state index >= 15 is 0 Å². The van der Waals surface area contributed by atoms with E-state index in [4.69, 9.17) is 0 Å². The molecule has 23 heavy (non-hydrogen) atoms. The fraction of sp³-hybridized carbons (Fsp3) is 0.471. The first-order valence-electron chi connectivity index (χ1n) is 7.93. The molecule has 1 aromatic rings. The lowest BCUT2D eigenvalue weighted by Crippen LogP contribution is -2.46. The molecule has 3 unspecified atom stereocenters. The van der Waals surface area contributed by atoms with Crippen LogP contribution in [0, 0.1) is 11.8 Å². The zero-order chi connectivity index (χ0) is 16.6. The average molecular weight is 379 g/mol. The van der Waals surface area contributed by atoms with Crippen LogP contribution in [-0.4, -0.2) is 28.7 Å². The van der Waals surface area contributed by atoms with Gasteiger partial charge in [0.05, 0.1) is 17.5 Å². The molecule has 3 atom stereocenters. The largest absolute Gasteiger partial charge is 0.323 e. The van der Waals surface area contributed by atoms with Crippen LogP contribution >= 0.6 is 15.9 Å². The van der Waals surface area contributed by atoms with Crippen molar-refractivity contribution in [1.29, 1.82) is 0 Å². The number of hydrogen-bond donors (Lipinski definition) is 1. The molecular weight excluding hydrogens is 360 g/mol. The van der Waals surface area contributed by atoms with E-state index in [2.05, 4.69) is 21.2 Å². The van der Waals surface area contributed by atoms with Crippen molar-refractivity contribution in [3.63, 3.8) is 0 Å². The van der Waals surface area contributed by atoms with Gasteiger partial charge in [-0.3, -0.25) is 19.3 Å². The number of carbonyl (C=O) groups is 3. The third kappa shape index (κ3) is 2.92. The lowest BCUT2D eigenvalue weighted by Gasteiger charge is -2.22. The van der Waals surface area contributed by atoms with Crippen molar-refractivity contribution in [1.82, 2.24) is 4.90 Å². The van der Waals surface area contributed by atoms with Gasteiger partial charge in [-0.25, -0.2) is 0 Å². The lowest BCUT2D eigenvalue weighted by molar-refractivity contribution is -0.146. The molecule has 2 fully saturated rings. The maximum absolute atomic E-state index is 12.5. The summed E-state index contributed by atoms with van der Waals surface area (Å²) in [4.78, 5) is 38.7. The molecule has 122 valence electrons. The molecule has 0 bridgehead atoms. The number of nitrogens with one attached hydrogen (secondary N) is 1. The van der Waals surface area contributed by atoms with Crippen molar-refractivity contribution >= 4 is 39.3 Å². The molecule has 1 N–H and O–H groups in total. The van der Waals surface area contributed by atoms with Crippen LogP contribution in [0.5, 0.6) is 0 Å². The number of fused-ring (bicyclic) bond motifs is 1. The van der Waals surface area contributed by atoms with E-state index in [0.717, 1.165) is 30.2 Å². The predicted molar refractivity (Wildman–Crippen MR) is 89.5 cm³/mol. The highest BCUT2D eigenvalue weighted by molar-refractivity contribution is 9.10. The fourth-order valence-electron chi connectivity index (χ4n) is 3.49. The van der Waals surface area contributed by atoms with Gasteiger partial charge in [-0.15, -0.1) is 0 Å². The number of para-hydroxylation sites is 1. The van der Waals surface area contributed by atoms with Crippen molar-refractivity contribution in [3.8, 4) is 0 Å². The standard InChI is InChI=1S/C17H19BrN2O3/c1-10(15(21)19-14-9-5-4-8-13(14)18)20-16(22)11-6-2-3-7-12(11)17(20)23/h4-5,8-12H,2-3,6-7H2,1H3,(H,19,21). The van der Waals surface area contributed by atoms with Crippen LogP contribution < -0.4 is 5.32 Å². The Balaban J connectivity index is 1.76. The van der Waals surface area contributed by atoms with Crippen molar-refractivity contribution in [3.05, 3.63) is 28.7 Å². The minimum Gasteiger partial charge on any atom is -0.323 e. The highest BCUT2D eigenvalue weighted by Gasteiger charge is 2.50. The van der Waals surface area contributed by atoms with Gasteiger partial charge in [0.25, 0.3) is 0 Å². The zero-order valence-electron chi connectivity index (χ0n) is 12.9. The molecule has 5 nitrogen and oxygen atoms in total. The molecule has 1 saturated carbocycles. The minimum atomic E-state index is -0.798. The smallest absolute Gasteiger partial charge is 0.247 e. The molecule has 1 aliphatic heterocycles.